The first-order chi connectivity index (χ1) is 9.42. The fourth-order valence-electron chi connectivity index (χ4n) is 2.08. The molecule has 2 N–H and O–H groups in total. The number of hydrogen-bond donors (Lipinski definition) is 2. The monoisotopic (exact) mass is 255 g/mol. The number of benzene rings is 1. The molecule has 5 nitrogen and oxygen atoms in total. The zero-order valence-electron chi connectivity index (χ0n) is 10.7. The van der Waals surface area contributed by atoms with E-state index < -0.39 is 0 Å². The van der Waals surface area contributed by atoms with Gasteiger partial charge in [-0.2, -0.15) is 0 Å². The maximum absolute atomic E-state index is 4.48. The average molecular weight is 255 g/mol. The van der Waals surface area contributed by atoms with Crippen LogP contribution in [-0.4, -0.2) is 26.1 Å². The van der Waals surface area contributed by atoms with Crippen molar-refractivity contribution in [1.82, 2.24) is 19.5 Å². The number of H-pyrrole nitrogens is 1. The minimum Gasteiger partial charge on any atom is -0.356 e. The van der Waals surface area contributed by atoms with Gasteiger partial charge in [0.1, 0.15) is 0 Å². The Hall–Kier alpha value is -2.30. The van der Waals surface area contributed by atoms with E-state index >= 15 is 0 Å². The van der Waals surface area contributed by atoms with E-state index in [0.29, 0.717) is 0 Å². The van der Waals surface area contributed by atoms with Crippen molar-refractivity contribution in [3.8, 4) is 0 Å². The minimum absolute atomic E-state index is 0.851. The van der Waals surface area contributed by atoms with Gasteiger partial charge in [0.05, 0.1) is 17.4 Å². The van der Waals surface area contributed by atoms with Crippen LogP contribution in [0.3, 0.4) is 0 Å². The van der Waals surface area contributed by atoms with Crippen molar-refractivity contribution in [2.45, 2.75) is 19.4 Å². The van der Waals surface area contributed by atoms with Crippen LogP contribution in [0.5, 0.6) is 0 Å². The molecule has 0 aliphatic carbocycles. The Morgan fingerprint density at radius 3 is 3.00 bits per heavy atom. The SMILES string of the molecule is c1ccc2[nH]c(NCCCCn3ccnc3)nc2c1. The summed E-state index contributed by atoms with van der Waals surface area (Å²) in [5, 5.41) is 3.32. The molecule has 0 atom stereocenters. The molecule has 0 unspecified atom stereocenters. The van der Waals surface area contributed by atoms with Gasteiger partial charge in [0.15, 0.2) is 0 Å². The summed E-state index contributed by atoms with van der Waals surface area (Å²) in [5.74, 6) is 0.851. The number of rotatable bonds is 6. The Balaban J connectivity index is 1.44. The maximum Gasteiger partial charge on any atom is 0.201 e. The molecular weight excluding hydrogens is 238 g/mol. The molecule has 3 aromatic rings. The highest BCUT2D eigenvalue weighted by atomic mass is 15.1. The summed E-state index contributed by atoms with van der Waals surface area (Å²) in [6.45, 7) is 1.94. The fraction of sp³-hybridized carbons (Fsp3) is 0.286. The summed E-state index contributed by atoms with van der Waals surface area (Å²) in [5.41, 5.74) is 2.08. The Labute approximate surface area is 111 Å². The molecule has 0 saturated carbocycles. The number of aromatic nitrogens is 4. The molecule has 2 heterocycles. The predicted molar refractivity (Wildman–Crippen MR) is 76.0 cm³/mol. The lowest BCUT2D eigenvalue weighted by Crippen LogP contribution is -2.04. The number of aryl methyl sites for hydroxylation is 1. The third-order valence-electron chi connectivity index (χ3n) is 3.08. The summed E-state index contributed by atoms with van der Waals surface area (Å²) in [6, 6.07) is 8.05. The van der Waals surface area contributed by atoms with Crippen molar-refractivity contribution >= 4 is 17.0 Å². The van der Waals surface area contributed by atoms with E-state index in [0.717, 1.165) is 42.9 Å². The molecule has 0 spiro atoms. The molecule has 1 aromatic carbocycles. The van der Waals surface area contributed by atoms with Gasteiger partial charge in [-0.1, -0.05) is 12.1 Å². The minimum atomic E-state index is 0.851. The number of nitrogens with zero attached hydrogens (tertiary/aromatic N) is 3. The summed E-state index contributed by atoms with van der Waals surface area (Å²) in [7, 11) is 0. The smallest absolute Gasteiger partial charge is 0.201 e. The van der Waals surface area contributed by atoms with Crippen LogP contribution < -0.4 is 5.32 Å². The van der Waals surface area contributed by atoms with Crippen LogP contribution in [0.15, 0.2) is 43.0 Å². The normalized spacial score (nSPS) is 10.9. The molecule has 0 bridgehead atoms. The zero-order chi connectivity index (χ0) is 12.9. The second kappa shape index (κ2) is 5.56. The first kappa shape index (κ1) is 11.8. The van der Waals surface area contributed by atoms with E-state index in [1.54, 1.807) is 0 Å². The molecular formula is C14H17N5. The third kappa shape index (κ3) is 2.93. The van der Waals surface area contributed by atoms with Gasteiger partial charge < -0.3 is 14.9 Å². The molecule has 3 rings (SSSR count). The van der Waals surface area contributed by atoms with Crippen molar-refractivity contribution in [3.63, 3.8) is 0 Å². The summed E-state index contributed by atoms with van der Waals surface area (Å²) in [4.78, 5) is 11.8. The molecule has 0 radical (unpaired) electrons. The highest BCUT2D eigenvalue weighted by molar-refractivity contribution is 5.77. The van der Waals surface area contributed by atoms with E-state index in [9.17, 15) is 0 Å². The summed E-state index contributed by atoms with van der Waals surface area (Å²) >= 11 is 0. The molecule has 0 aliphatic rings. The number of nitrogens with one attached hydrogen (secondary N) is 2. The standard InChI is InChI=1S/C14H17N5/c1-2-6-13-12(5-1)17-14(18-13)16-7-3-4-9-19-10-8-15-11-19/h1-2,5-6,8,10-11H,3-4,7,9H2,(H2,16,17,18). The number of imidazole rings is 2. The highest BCUT2D eigenvalue weighted by Crippen LogP contribution is 2.13. The zero-order valence-corrected chi connectivity index (χ0v) is 10.7. The van der Waals surface area contributed by atoms with Gasteiger partial charge in [-0.15, -0.1) is 0 Å². The third-order valence-corrected chi connectivity index (χ3v) is 3.08. The number of aromatic amines is 1. The number of unbranched alkanes of at least 4 members (excludes halogenated alkanes) is 1. The van der Waals surface area contributed by atoms with Crippen LogP contribution in [0.1, 0.15) is 12.8 Å². The average Bonchev–Trinajstić information content (AvgIpc) is 3.06. The predicted octanol–water partition coefficient (Wildman–Crippen LogP) is 2.65. The van der Waals surface area contributed by atoms with Gasteiger partial charge in [0.25, 0.3) is 0 Å². The lowest BCUT2D eigenvalue weighted by molar-refractivity contribution is 0.620. The fourth-order valence-corrected chi connectivity index (χ4v) is 2.08. The lowest BCUT2D eigenvalue weighted by Gasteiger charge is -2.03. The van der Waals surface area contributed by atoms with Crippen molar-refractivity contribution in [1.29, 1.82) is 0 Å². The quantitative estimate of drug-likeness (QED) is 0.666. The second-order valence-corrected chi connectivity index (χ2v) is 4.54. The molecule has 5 heteroatoms. The van der Waals surface area contributed by atoms with Crippen LogP contribution in [0, 0.1) is 0 Å². The van der Waals surface area contributed by atoms with Crippen molar-refractivity contribution in [2.75, 3.05) is 11.9 Å². The Morgan fingerprint density at radius 2 is 2.16 bits per heavy atom. The largest absolute Gasteiger partial charge is 0.356 e. The highest BCUT2D eigenvalue weighted by Gasteiger charge is 2.00. The number of hydrogen-bond acceptors (Lipinski definition) is 3. The Kier molecular flexibility index (Phi) is 3.45. The van der Waals surface area contributed by atoms with E-state index in [2.05, 4.69) is 24.8 Å². The molecule has 0 fully saturated rings. The van der Waals surface area contributed by atoms with Crippen molar-refractivity contribution in [3.05, 3.63) is 43.0 Å². The number of fused-ring (bicyclic) bond motifs is 1. The molecule has 0 amide bonds. The van der Waals surface area contributed by atoms with Gasteiger partial charge in [-0.05, 0) is 25.0 Å². The first-order valence-electron chi connectivity index (χ1n) is 6.56. The van der Waals surface area contributed by atoms with E-state index in [1.165, 1.54) is 0 Å². The molecule has 98 valence electrons. The summed E-state index contributed by atoms with van der Waals surface area (Å²) < 4.78 is 2.10. The Morgan fingerprint density at radius 1 is 1.21 bits per heavy atom. The molecule has 0 aliphatic heterocycles. The van der Waals surface area contributed by atoms with Gasteiger partial charge in [0, 0.05) is 25.5 Å². The van der Waals surface area contributed by atoms with Crippen LogP contribution in [0.2, 0.25) is 0 Å². The Bertz CT molecular complexity index is 593. The van der Waals surface area contributed by atoms with Crippen LogP contribution in [-0.2, 0) is 6.54 Å². The number of anilines is 1. The topological polar surface area (TPSA) is 58.5 Å². The molecule has 0 saturated heterocycles. The second-order valence-electron chi connectivity index (χ2n) is 4.54. The van der Waals surface area contributed by atoms with Crippen LogP contribution in [0.4, 0.5) is 5.95 Å². The lowest BCUT2D eigenvalue weighted by atomic mass is 10.3. The summed E-state index contributed by atoms with van der Waals surface area (Å²) in [6.07, 6.45) is 7.89. The van der Waals surface area contributed by atoms with Crippen LogP contribution >= 0.6 is 0 Å². The van der Waals surface area contributed by atoms with Crippen molar-refractivity contribution < 1.29 is 0 Å². The number of para-hydroxylation sites is 2. The van der Waals surface area contributed by atoms with Crippen molar-refractivity contribution in [2.24, 2.45) is 0 Å². The van der Waals surface area contributed by atoms with Gasteiger partial charge in [-0.25, -0.2) is 9.97 Å². The van der Waals surface area contributed by atoms with Gasteiger partial charge in [-0.3, -0.25) is 0 Å². The maximum atomic E-state index is 4.48. The van der Waals surface area contributed by atoms with Crippen LogP contribution in [0.25, 0.3) is 11.0 Å². The van der Waals surface area contributed by atoms with E-state index in [1.807, 2.05) is 43.0 Å². The van der Waals surface area contributed by atoms with Gasteiger partial charge in [0.2, 0.25) is 5.95 Å². The molecule has 19 heavy (non-hydrogen) atoms. The molecule has 2 aromatic heterocycles. The van der Waals surface area contributed by atoms with E-state index in [4.69, 9.17) is 0 Å². The van der Waals surface area contributed by atoms with E-state index in [-0.39, 0.29) is 0 Å². The van der Waals surface area contributed by atoms with Gasteiger partial charge >= 0.3 is 0 Å². The first-order valence-corrected chi connectivity index (χ1v) is 6.56.